The molecule has 0 aromatic rings. The zero-order valence-electron chi connectivity index (χ0n) is 13.7. The zero-order valence-corrected chi connectivity index (χ0v) is 15.9. The summed E-state index contributed by atoms with van der Waals surface area (Å²) in [5, 5.41) is 0. The summed E-state index contributed by atoms with van der Waals surface area (Å²) in [6, 6.07) is 0. The first-order valence-corrected chi connectivity index (χ1v) is 9.17. The first-order valence-electron chi connectivity index (χ1n) is 7.92. The summed E-state index contributed by atoms with van der Waals surface area (Å²) in [6.45, 7) is 4.49. The van der Waals surface area contributed by atoms with Crippen LogP contribution in [0.25, 0.3) is 0 Å². The summed E-state index contributed by atoms with van der Waals surface area (Å²) in [5.41, 5.74) is 5.36. The minimum absolute atomic E-state index is 0.267. The lowest BCUT2D eigenvalue weighted by Gasteiger charge is -2.39. The molecule has 2 rings (SSSR count). The highest BCUT2D eigenvalue weighted by molar-refractivity contribution is 14.1. The van der Waals surface area contributed by atoms with Gasteiger partial charge in [0, 0.05) is 12.7 Å². The number of cyclic esters (lactones) is 1. The second-order valence-electron chi connectivity index (χ2n) is 5.50. The largest absolute Gasteiger partial charge is 0.463 e. The van der Waals surface area contributed by atoms with Crippen molar-refractivity contribution in [2.24, 2.45) is 5.73 Å². The van der Waals surface area contributed by atoms with Gasteiger partial charge in [0.05, 0.1) is 12.2 Å². The van der Waals surface area contributed by atoms with Crippen LogP contribution in [0.4, 0.5) is 0 Å². The molecule has 0 bridgehead atoms. The number of hydrogen-bond donors (Lipinski definition) is 1. The van der Waals surface area contributed by atoms with Gasteiger partial charge in [-0.3, -0.25) is 5.73 Å². The Bertz CT molecular complexity index is 549. The molecular formula is C16H22INO6. The molecule has 0 aromatic heterocycles. The third-order valence-corrected chi connectivity index (χ3v) is 4.58. The SMILES string of the molecule is CCCCO[C@@H]1C=C2C(=O)O[C@@H](I)[C@H]2O[C@]1(N)/C=C\C(=O)OCC. The first kappa shape index (κ1) is 19.4. The molecule has 0 aromatic carbocycles. The number of ether oxygens (including phenoxy) is 4. The predicted molar refractivity (Wildman–Crippen MR) is 94.2 cm³/mol. The maximum atomic E-state index is 11.9. The summed E-state index contributed by atoms with van der Waals surface area (Å²) in [5.74, 6) is -0.947. The molecule has 134 valence electrons. The van der Waals surface area contributed by atoms with Crippen LogP contribution in [0, 0.1) is 0 Å². The Labute approximate surface area is 154 Å². The van der Waals surface area contributed by atoms with Gasteiger partial charge in [-0.15, -0.1) is 0 Å². The van der Waals surface area contributed by atoms with E-state index in [1.807, 2.05) is 29.5 Å². The highest BCUT2D eigenvalue weighted by Crippen LogP contribution is 2.37. The number of rotatable bonds is 7. The Morgan fingerprint density at radius 3 is 2.92 bits per heavy atom. The number of unbranched alkanes of at least 4 members (excludes halogenated alkanes) is 1. The standard InChI is InChI=1S/C16H22INO6/c1-3-5-8-22-11-9-10-13(14(17)23-15(10)20)24-16(11,18)7-6-12(19)21-4-2/h6-7,9,11,13-14H,3-5,8,18H2,1-2H3/b7-6-/t11-,13+,14-,16-/m1/s1. The van der Waals surface area contributed by atoms with E-state index in [9.17, 15) is 9.59 Å². The highest BCUT2D eigenvalue weighted by Gasteiger charge is 2.50. The lowest BCUT2D eigenvalue weighted by Crippen LogP contribution is -2.57. The van der Waals surface area contributed by atoms with E-state index in [0.29, 0.717) is 12.2 Å². The monoisotopic (exact) mass is 451 g/mol. The smallest absolute Gasteiger partial charge is 0.337 e. The van der Waals surface area contributed by atoms with Crippen LogP contribution in [0.5, 0.6) is 0 Å². The van der Waals surface area contributed by atoms with Crippen molar-refractivity contribution in [3.63, 3.8) is 0 Å². The normalized spacial score (nSPS) is 32.4. The molecule has 24 heavy (non-hydrogen) atoms. The van der Waals surface area contributed by atoms with E-state index < -0.39 is 34.0 Å². The Morgan fingerprint density at radius 2 is 2.25 bits per heavy atom. The van der Waals surface area contributed by atoms with E-state index in [0.717, 1.165) is 12.8 Å². The molecule has 0 spiro atoms. The van der Waals surface area contributed by atoms with E-state index in [1.165, 1.54) is 12.2 Å². The molecule has 0 unspecified atom stereocenters. The van der Waals surface area contributed by atoms with Gasteiger partial charge in [0.2, 0.25) is 0 Å². The highest BCUT2D eigenvalue weighted by atomic mass is 127. The number of carbonyl (C=O) groups excluding carboxylic acids is 2. The van der Waals surface area contributed by atoms with Crippen molar-refractivity contribution < 1.29 is 28.5 Å². The van der Waals surface area contributed by atoms with Crippen LogP contribution >= 0.6 is 22.6 Å². The minimum atomic E-state index is -1.38. The molecule has 2 aliphatic rings. The Hall–Kier alpha value is -0.970. The molecule has 0 amide bonds. The van der Waals surface area contributed by atoms with Gasteiger partial charge in [-0.05, 0) is 48.1 Å². The maximum absolute atomic E-state index is 11.9. The Kier molecular flexibility index (Phi) is 6.79. The summed E-state index contributed by atoms with van der Waals surface area (Å²) in [6.07, 6.45) is 4.79. The van der Waals surface area contributed by atoms with Crippen molar-refractivity contribution in [1.82, 2.24) is 0 Å². The van der Waals surface area contributed by atoms with E-state index >= 15 is 0 Å². The van der Waals surface area contributed by atoms with E-state index in [4.69, 9.17) is 24.7 Å². The van der Waals surface area contributed by atoms with Gasteiger partial charge in [0.15, 0.2) is 9.84 Å². The van der Waals surface area contributed by atoms with Crippen LogP contribution in [0.3, 0.4) is 0 Å². The molecule has 2 aliphatic heterocycles. The molecule has 0 aliphatic carbocycles. The van der Waals surface area contributed by atoms with Crippen molar-refractivity contribution in [1.29, 1.82) is 0 Å². The summed E-state index contributed by atoms with van der Waals surface area (Å²) in [7, 11) is 0. The van der Waals surface area contributed by atoms with E-state index in [-0.39, 0.29) is 6.61 Å². The van der Waals surface area contributed by atoms with Crippen molar-refractivity contribution in [2.75, 3.05) is 13.2 Å². The zero-order chi connectivity index (χ0) is 17.7. The molecule has 1 fully saturated rings. The van der Waals surface area contributed by atoms with Gasteiger partial charge in [-0.1, -0.05) is 13.3 Å². The van der Waals surface area contributed by atoms with E-state index in [1.54, 1.807) is 13.0 Å². The average Bonchev–Trinajstić information content (AvgIpc) is 2.80. The topological polar surface area (TPSA) is 97.1 Å². The Balaban J connectivity index is 2.24. The predicted octanol–water partition coefficient (Wildman–Crippen LogP) is 1.59. The molecule has 0 radical (unpaired) electrons. The van der Waals surface area contributed by atoms with Gasteiger partial charge in [-0.2, -0.15) is 0 Å². The van der Waals surface area contributed by atoms with Crippen molar-refractivity contribution in [2.45, 2.75) is 48.7 Å². The van der Waals surface area contributed by atoms with Gasteiger partial charge in [0.1, 0.15) is 12.2 Å². The quantitative estimate of drug-likeness (QED) is 0.207. The van der Waals surface area contributed by atoms with Crippen LogP contribution in [-0.2, 0) is 28.5 Å². The number of halogens is 1. The molecule has 8 heteroatoms. The fraction of sp³-hybridized carbons (Fsp3) is 0.625. The van der Waals surface area contributed by atoms with Crippen molar-refractivity contribution in [3.8, 4) is 0 Å². The van der Waals surface area contributed by atoms with Crippen LogP contribution < -0.4 is 5.73 Å². The number of nitrogens with two attached hydrogens (primary N) is 1. The van der Waals surface area contributed by atoms with Gasteiger partial charge < -0.3 is 18.9 Å². The molecule has 4 atom stereocenters. The summed E-state index contributed by atoms with van der Waals surface area (Å²) >= 11 is 1.97. The Morgan fingerprint density at radius 1 is 1.50 bits per heavy atom. The van der Waals surface area contributed by atoms with Gasteiger partial charge in [0.25, 0.3) is 0 Å². The van der Waals surface area contributed by atoms with Crippen LogP contribution in [0.15, 0.2) is 23.8 Å². The number of fused-ring (bicyclic) bond motifs is 1. The van der Waals surface area contributed by atoms with E-state index in [2.05, 4.69) is 0 Å². The average molecular weight is 451 g/mol. The van der Waals surface area contributed by atoms with Gasteiger partial charge >= 0.3 is 11.9 Å². The summed E-state index contributed by atoms with van der Waals surface area (Å²) < 4.78 is 21.2. The molecule has 7 nitrogen and oxygen atoms in total. The lowest BCUT2D eigenvalue weighted by atomic mass is 9.97. The molecule has 2 heterocycles. The number of hydrogen-bond acceptors (Lipinski definition) is 7. The molecule has 1 saturated heterocycles. The fourth-order valence-electron chi connectivity index (χ4n) is 2.41. The fourth-order valence-corrected chi connectivity index (χ4v) is 3.17. The first-order chi connectivity index (χ1) is 11.4. The molecule has 2 N–H and O–H groups in total. The van der Waals surface area contributed by atoms with Crippen molar-refractivity contribution in [3.05, 3.63) is 23.8 Å². The molecular weight excluding hydrogens is 429 g/mol. The third kappa shape index (κ3) is 4.35. The van der Waals surface area contributed by atoms with Crippen LogP contribution in [0.2, 0.25) is 0 Å². The number of alkyl halides is 1. The van der Waals surface area contributed by atoms with Crippen LogP contribution in [-0.4, -0.2) is 47.2 Å². The van der Waals surface area contributed by atoms with Gasteiger partial charge in [-0.25, -0.2) is 9.59 Å². The molecule has 0 saturated carbocycles. The van der Waals surface area contributed by atoms with Crippen LogP contribution in [0.1, 0.15) is 26.7 Å². The van der Waals surface area contributed by atoms with Crippen molar-refractivity contribution >= 4 is 34.5 Å². The third-order valence-electron chi connectivity index (χ3n) is 3.67. The number of esters is 2. The second kappa shape index (κ2) is 8.41. The summed E-state index contributed by atoms with van der Waals surface area (Å²) in [4.78, 5) is 23.5. The lowest BCUT2D eigenvalue weighted by molar-refractivity contribution is -0.140. The maximum Gasteiger partial charge on any atom is 0.337 e. The second-order valence-corrected chi connectivity index (χ2v) is 6.73. The number of carbonyl (C=O) groups is 2. The minimum Gasteiger partial charge on any atom is -0.463 e.